The topological polar surface area (TPSA) is 58.9 Å². The number of nitrogens with one attached hydrogen (secondary N) is 1. The van der Waals surface area contributed by atoms with Crippen LogP contribution in [0.2, 0.25) is 0 Å². The van der Waals surface area contributed by atoms with E-state index in [1.165, 1.54) is 0 Å². The Kier molecular flexibility index (Phi) is 2.69. The van der Waals surface area contributed by atoms with Crippen molar-refractivity contribution >= 4 is 16.5 Å². The van der Waals surface area contributed by atoms with E-state index in [0.29, 0.717) is 17.0 Å². The third-order valence-electron chi connectivity index (χ3n) is 2.61. The van der Waals surface area contributed by atoms with E-state index in [1.807, 2.05) is 12.1 Å². The Balaban J connectivity index is 2.66. The molecule has 3 N–H and O–H groups in total. The summed E-state index contributed by atoms with van der Waals surface area (Å²) in [6.45, 7) is 4.24. The lowest BCUT2D eigenvalue weighted by Crippen LogP contribution is -2.11. The molecule has 0 fully saturated rings. The summed E-state index contributed by atoms with van der Waals surface area (Å²) in [5.41, 5.74) is 7.43. The molecule has 0 amide bonds. The first-order chi connectivity index (χ1) is 7.58. The number of anilines is 1. The van der Waals surface area contributed by atoms with Crippen molar-refractivity contribution in [2.45, 2.75) is 20.3 Å². The van der Waals surface area contributed by atoms with Crippen molar-refractivity contribution in [2.24, 2.45) is 5.92 Å². The third-order valence-corrected chi connectivity index (χ3v) is 2.61. The standard InChI is InChI=1S/C13H16N2O/c1-8(2)6-9-7-11-10(13(16)15-9)4-3-5-12(11)14/h3-5,7-8H,6,14H2,1-2H3,(H,15,16). The van der Waals surface area contributed by atoms with Crippen molar-refractivity contribution in [3.63, 3.8) is 0 Å². The molecule has 0 bridgehead atoms. The smallest absolute Gasteiger partial charge is 0.256 e. The van der Waals surface area contributed by atoms with Crippen LogP contribution in [-0.2, 0) is 6.42 Å². The number of nitrogens with two attached hydrogens (primary N) is 1. The van der Waals surface area contributed by atoms with Crippen LogP contribution in [0.15, 0.2) is 29.1 Å². The van der Waals surface area contributed by atoms with Gasteiger partial charge in [0, 0.05) is 22.2 Å². The van der Waals surface area contributed by atoms with Crippen LogP contribution < -0.4 is 11.3 Å². The first-order valence-corrected chi connectivity index (χ1v) is 5.48. The quantitative estimate of drug-likeness (QED) is 0.757. The monoisotopic (exact) mass is 216 g/mol. The number of fused-ring (bicyclic) bond motifs is 1. The largest absolute Gasteiger partial charge is 0.398 e. The van der Waals surface area contributed by atoms with Crippen LogP contribution in [0.4, 0.5) is 5.69 Å². The van der Waals surface area contributed by atoms with Crippen LogP contribution in [0.5, 0.6) is 0 Å². The van der Waals surface area contributed by atoms with Crippen LogP contribution in [-0.4, -0.2) is 4.98 Å². The van der Waals surface area contributed by atoms with E-state index in [-0.39, 0.29) is 5.56 Å². The molecule has 84 valence electrons. The molecule has 1 aromatic carbocycles. The van der Waals surface area contributed by atoms with Crippen molar-refractivity contribution in [1.82, 2.24) is 4.98 Å². The van der Waals surface area contributed by atoms with E-state index in [0.717, 1.165) is 17.5 Å². The fraction of sp³-hybridized carbons (Fsp3) is 0.308. The number of hydrogen-bond acceptors (Lipinski definition) is 2. The van der Waals surface area contributed by atoms with E-state index >= 15 is 0 Å². The maximum atomic E-state index is 11.8. The van der Waals surface area contributed by atoms with Gasteiger partial charge in [-0.1, -0.05) is 19.9 Å². The fourth-order valence-electron chi connectivity index (χ4n) is 1.92. The van der Waals surface area contributed by atoms with Gasteiger partial charge in [-0.05, 0) is 30.5 Å². The predicted octanol–water partition coefficient (Wildman–Crippen LogP) is 2.31. The molecular weight excluding hydrogens is 200 g/mol. The number of rotatable bonds is 2. The molecule has 3 heteroatoms. The molecule has 2 rings (SSSR count). The molecule has 0 aliphatic rings. The number of benzene rings is 1. The molecular formula is C13H16N2O. The Morgan fingerprint density at radius 1 is 1.31 bits per heavy atom. The Hall–Kier alpha value is -1.77. The first-order valence-electron chi connectivity index (χ1n) is 5.48. The highest BCUT2D eigenvalue weighted by Crippen LogP contribution is 2.19. The number of H-pyrrole nitrogens is 1. The van der Waals surface area contributed by atoms with E-state index in [9.17, 15) is 4.79 Å². The summed E-state index contributed by atoms with van der Waals surface area (Å²) in [4.78, 5) is 14.7. The summed E-state index contributed by atoms with van der Waals surface area (Å²) in [6, 6.07) is 7.39. The molecule has 0 unspecified atom stereocenters. The predicted molar refractivity (Wildman–Crippen MR) is 67.5 cm³/mol. The Morgan fingerprint density at radius 3 is 2.75 bits per heavy atom. The lowest BCUT2D eigenvalue weighted by molar-refractivity contribution is 0.635. The first kappa shape index (κ1) is 10.7. The maximum absolute atomic E-state index is 11.8. The maximum Gasteiger partial charge on any atom is 0.256 e. The normalized spacial score (nSPS) is 11.2. The second-order valence-electron chi connectivity index (χ2n) is 4.53. The highest BCUT2D eigenvalue weighted by Gasteiger charge is 2.05. The summed E-state index contributed by atoms with van der Waals surface area (Å²) in [5, 5.41) is 1.51. The van der Waals surface area contributed by atoms with Crippen molar-refractivity contribution < 1.29 is 0 Å². The van der Waals surface area contributed by atoms with Gasteiger partial charge in [-0.25, -0.2) is 0 Å². The molecule has 0 spiro atoms. The summed E-state index contributed by atoms with van der Waals surface area (Å²) in [6.07, 6.45) is 0.861. The number of aromatic amines is 1. The van der Waals surface area contributed by atoms with Crippen LogP contribution in [0.3, 0.4) is 0 Å². The van der Waals surface area contributed by atoms with Crippen LogP contribution in [0.1, 0.15) is 19.5 Å². The molecule has 0 aliphatic heterocycles. The van der Waals surface area contributed by atoms with Gasteiger partial charge in [-0.2, -0.15) is 0 Å². The fourth-order valence-corrected chi connectivity index (χ4v) is 1.92. The average Bonchev–Trinajstić information content (AvgIpc) is 2.19. The SMILES string of the molecule is CC(C)Cc1cc2c(N)cccc2c(=O)[nH]1. The minimum atomic E-state index is -0.0551. The summed E-state index contributed by atoms with van der Waals surface area (Å²) in [7, 11) is 0. The Bertz CT molecular complexity index is 570. The van der Waals surface area contributed by atoms with Crippen molar-refractivity contribution in [3.8, 4) is 0 Å². The van der Waals surface area contributed by atoms with Gasteiger partial charge in [0.2, 0.25) is 0 Å². The van der Waals surface area contributed by atoms with Gasteiger partial charge in [0.1, 0.15) is 0 Å². The lowest BCUT2D eigenvalue weighted by Gasteiger charge is -2.07. The zero-order valence-electron chi connectivity index (χ0n) is 9.58. The average molecular weight is 216 g/mol. The molecule has 1 heterocycles. The van der Waals surface area contributed by atoms with E-state index in [2.05, 4.69) is 18.8 Å². The molecule has 16 heavy (non-hydrogen) atoms. The molecule has 0 saturated carbocycles. The second-order valence-corrected chi connectivity index (χ2v) is 4.53. The van der Waals surface area contributed by atoms with Crippen LogP contribution in [0.25, 0.3) is 10.8 Å². The van der Waals surface area contributed by atoms with Gasteiger partial charge in [-0.3, -0.25) is 4.79 Å². The highest BCUT2D eigenvalue weighted by molar-refractivity contribution is 5.92. The second kappa shape index (κ2) is 4.00. The van der Waals surface area contributed by atoms with E-state index in [1.54, 1.807) is 12.1 Å². The zero-order valence-corrected chi connectivity index (χ0v) is 9.58. The van der Waals surface area contributed by atoms with Crippen molar-refractivity contribution in [3.05, 3.63) is 40.3 Å². The van der Waals surface area contributed by atoms with Gasteiger partial charge in [0.25, 0.3) is 5.56 Å². The summed E-state index contributed by atoms with van der Waals surface area (Å²) in [5.74, 6) is 0.512. The van der Waals surface area contributed by atoms with Gasteiger partial charge in [0.05, 0.1) is 0 Å². The molecule has 0 aliphatic carbocycles. The minimum absolute atomic E-state index is 0.0551. The zero-order chi connectivity index (χ0) is 11.7. The van der Waals surface area contributed by atoms with Gasteiger partial charge in [0.15, 0.2) is 0 Å². The molecule has 0 radical (unpaired) electrons. The molecule has 3 nitrogen and oxygen atoms in total. The molecule has 0 saturated heterocycles. The van der Waals surface area contributed by atoms with Gasteiger partial charge >= 0.3 is 0 Å². The van der Waals surface area contributed by atoms with Crippen molar-refractivity contribution in [1.29, 1.82) is 0 Å². The highest BCUT2D eigenvalue weighted by atomic mass is 16.1. The van der Waals surface area contributed by atoms with Crippen LogP contribution >= 0.6 is 0 Å². The number of pyridine rings is 1. The van der Waals surface area contributed by atoms with E-state index < -0.39 is 0 Å². The summed E-state index contributed by atoms with van der Waals surface area (Å²) >= 11 is 0. The summed E-state index contributed by atoms with van der Waals surface area (Å²) < 4.78 is 0. The lowest BCUT2D eigenvalue weighted by atomic mass is 10.0. The Morgan fingerprint density at radius 2 is 2.06 bits per heavy atom. The number of aromatic nitrogens is 1. The molecule has 2 aromatic rings. The van der Waals surface area contributed by atoms with Gasteiger partial charge < -0.3 is 10.7 Å². The molecule has 1 aromatic heterocycles. The third kappa shape index (κ3) is 1.94. The van der Waals surface area contributed by atoms with E-state index in [4.69, 9.17) is 5.73 Å². The number of nitrogen functional groups attached to an aromatic ring is 1. The van der Waals surface area contributed by atoms with Crippen molar-refractivity contribution in [2.75, 3.05) is 5.73 Å². The molecule has 0 atom stereocenters. The Labute approximate surface area is 94.3 Å². The van der Waals surface area contributed by atoms with Gasteiger partial charge in [-0.15, -0.1) is 0 Å². The van der Waals surface area contributed by atoms with Crippen LogP contribution in [0, 0.1) is 5.92 Å². The minimum Gasteiger partial charge on any atom is -0.398 e. The number of hydrogen-bond donors (Lipinski definition) is 2.